The molecular formula is C10H16N2O2. The van der Waals surface area contributed by atoms with Gasteiger partial charge in [0.15, 0.2) is 0 Å². The van der Waals surface area contributed by atoms with E-state index in [0.29, 0.717) is 12.4 Å². The molecule has 0 fully saturated rings. The zero-order valence-corrected chi connectivity index (χ0v) is 8.83. The summed E-state index contributed by atoms with van der Waals surface area (Å²) in [7, 11) is 1.64. The van der Waals surface area contributed by atoms with E-state index in [9.17, 15) is 4.79 Å². The van der Waals surface area contributed by atoms with Crippen molar-refractivity contribution >= 4 is 0 Å². The van der Waals surface area contributed by atoms with E-state index in [-0.39, 0.29) is 11.5 Å². The quantitative estimate of drug-likeness (QED) is 0.784. The second-order valence-corrected chi connectivity index (χ2v) is 3.33. The largest absolute Gasteiger partial charge is 0.384 e. The molecule has 0 aromatic carbocycles. The number of aromatic nitrogens is 2. The van der Waals surface area contributed by atoms with Crippen molar-refractivity contribution in [3.05, 3.63) is 27.9 Å². The third-order valence-corrected chi connectivity index (χ3v) is 2.06. The van der Waals surface area contributed by atoms with Crippen LogP contribution in [0.4, 0.5) is 0 Å². The Bertz CT molecular complexity index is 346. The van der Waals surface area contributed by atoms with Crippen molar-refractivity contribution in [3.63, 3.8) is 0 Å². The van der Waals surface area contributed by atoms with Gasteiger partial charge in [0.05, 0.1) is 6.61 Å². The van der Waals surface area contributed by atoms with Gasteiger partial charge in [-0.15, -0.1) is 0 Å². The van der Waals surface area contributed by atoms with Crippen LogP contribution in [-0.4, -0.2) is 23.7 Å². The highest BCUT2D eigenvalue weighted by Crippen LogP contribution is 2.08. The van der Waals surface area contributed by atoms with Gasteiger partial charge in [0.1, 0.15) is 5.82 Å². The maximum absolute atomic E-state index is 11.2. The molecule has 1 rings (SSSR count). The molecule has 0 amide bonds. The van der Waals surface area contributed by atoms with Crippen LogP contribution in [0.1, 0.15) is 31.3 Å². The van der Waals surface area contributed by atoms with Crippen LogP contribution in [-0.2, 0) is 11.2 Å². The van der Waals surface area contributed by atoms with E-state index in [2.05, 4.69) is 9.97 Å². The van der Waals surface area contributed by atoms with Gasteiger partial charge < -0.3 is 9.72 Å². The Hall–Kier alpha value is -1.16. The minimum atomic E-state index is -0.0881. The van der Waals surface area contributed by atoms with Crippen molar-refractivity contribution in [2.75, 3.05) is 13.7 Å². The number of aryl methyl sites for hydroxylation is 1. The monoisotopic (exact) mass is 196 g/mol. The van der Waals surface area contributed by atoms with Crippen LogP contribution in [0.15, 0.2) is 10.9 Å². The number of nitrogens with one attached hydrogen (secondary N) is 1. The first kappa shape index (κ1) is 10.9. The molecule has 4 nitrogen and oxygen atoms in total. The molecule has 0 spiro atoms. The van der Waals surface area contributed by atoms with Crippen molar-refractivity contribution in [3.8, 4) is 0 Å². The van der Waals surface area contributed by atoms with Gasteiger partial charge in [0.2, 0.25) is 0 Å². The predicted molar refractivity (Wildman–Crippen MR) is 54.5 cm³/mol. The molecule has 1 aromatic heterocycles. The van der Waals surface area contributed by atoms with Gasteiger partial charge in [-0.1, -0.05) is 13.8 Å². The van der Waals surface area contributed by atoms with E-state index in [1.54, 1.807) is 7.11 Å². The van der Waals surface area contributed by atoms with E-state index >= 15 is 0 Å². The molecule has 4 heteroatoms. The van der Waals surface area contributed by atoms with Crippen LogP contribution < -0.4 is 5.56 Å². The Morgan fingerprint density at radius 2 is 2.36 bits per heavy atom. The highest BCUT2D eigenvalue weighted by atomic mass is 16.5. The standard InChI is InChI=1S/C10H16N2O2/c1-4-8-5-9(13)12-10(11-8)7(2)6-14-3/h5,7H,4,6H2,1-3H3,(H,11,12,13). The molecule has 1 unspecified atom stereocenters. The van der Waals surface area contributed by atoms with E-state index < -0.39 is 0 Å². The summed E-state index contributed by atoms with van der Waals surface area (Å²) >= 11 is 0. The number of methoxy groups -OCH3 is 1. The lowest BCUT2D eigenvalue weighted by molar-refractivity contribution is 0.181. The van der Waals surface area contributed by atoms with Gasteiger partial charge in [0, 0.05) is 24.8 Å². The number of H-pyrrole nitrogens is 1. The summed E-state index contributed by atoms with van der Waals surface area (Å²) in [5, 5.41) is 0. The molecule has 1 heterocycles. The van der Waals surface area contributed by atoms with Crippen LogP contribution in [0.2, 0.25) is 0 Å². The number of hydrogen-bond donors (Lipinski definition) is 1. The van der Waals surface area contributed by atoms with E-state index in [0.717, 1.165) is 12.1 Å². The normalized spacial score (nSPS) is 12.8. The lowest BCUT2D eigenvalue weighted by atomic mass is 10.2. The number of nitrogens with zero attached hydrogens (tertiary/aromatic N) is 1. The number of ether oxygens (including phenoxy) is 1. The fraction of sp³-hybridized carbons (Fsp3) is 0.600. The van der Waals surface area contributed by atoms with Gasteiger partial charge in [-0.25, -0.2) is 4.98 Å². The molecule has 0 aliphatic rings. The van der Waals surface area contributed by atoms with Crippen molar-refractivity contribution < 1.29 is 4.74 Å². The Morgan fingerprint density at radius 1 is 1.64 bits per heavy atom. The van der Waals surface area contributed by atoms with Crippen LogP contribution >= 0.6 is 0 Å². The summed E-state index contributed by atoms with van der Waals surface area (Å²) < 4.78 is 5.01. The molecule has 14 heavy (non-hydrogen) atoms. The first-order chi connectivity index (χ1) is 6.67. The SMILES string of the molecule is CCc1cc(=O)[nH]c(C(C)COC)n1. The summed E-state index contributed by atoms with van der Waals surface area (Å²) in [6.45, 7) is 4.52. The third kappa shape index (κ3) is 2.67. The average Bonchev–Trinajstić information content (AvgIpc) is 2.17. The van der Waals surface area contributed by atoms with Gasteiger partial charge in [-0.05, 0) is 6.42 Å². The van der Waals surface area contributed by atoms with Crippen molar-refractivity contribution in [2.24, 2.45) is 0 Å². The Labute approximate surface area is 83.3 Å². The zero-order chi connectivity index (χ0) is 10.6. The predicted octanol–water partition coefficient (Wildman–Crippen LogP) is 1.08. The van der Waals surface area contributed by atoms with Gasteiger partial charge >= 0.3 is 0 Å². The highest BCUT2D eigenvalue weighted by Gasteiger charge is 2.08. The molecule has 0 aliphatic heterocycles. The van der Waals surface area contributed by atoms with Crippen LogP contribution in [0.25, 0.3) is 0 Å². The van der Waals surface area contributed by atoms with Crippen molar-refractivity contribution in [1.82, 2.24) is 9.97 Å². The topological polar surface area (TPSA) is 55.0 Å². The Balaban J connectivity index is 2.96. The van der Waals surface area contributed by atoms with Crippen molar-refractivity contribution in [2.45, 2.75) is 26.2 Å². The minimum Gasteiger partial charge on any atom is -0.384 e. The number of aromatic amines is 1. The summed E-state index contributed by atoms with van der Waals surface area (Å²) in [6.07, 6.45) is 0.774. The molecule has 78 valence electrons. The zero-order valence-electron chi connectivity index (χ0n) is 8.83. The van der Waals surface area contributed by atoms with Crippen LogP contribution in [0, 0.1) is 0 Å². The lowest BCUT2D eigenvalue weighted by Crippen LogP contribution is -2.16. The molecule has 0 radical (unpaired) electrons. The molecule has 0 saturated heterocycles. The molecular weight excluding hydrogens is 180 g/mol. The molecule has 0 aliphatic carbocycles. The third-order valence-electron chi connectivity index (χ3n) is 2.06. The molecule has 1 aromatic rings. The van der Waals surface area contributed by atoms with E-state index in [1.165, 1.54) is 6.07 Å². The number of hydrogen-bond acceptors (Lipinski definition) is 3. The van der Waals surface area contributed by atoms with Crippen LogP contribution in [0.3, 0.4) is 0 Å². The summed E-state index contributed by atoms with van der Waals surface area (Å²) in [5.41, 5.74) is 0.738. The number of rotatable bonds is 4. The summed E-state index contributed by atoms with van der Waals surface area (Å²) in [6, 6.07) is 1.53. The molecule has 1 atom stereocenters. The van der Waals surface area contributed by atoms with Gasteiger partial charge in [-0.2, -0.15) is 0 Å². The second kappa shape index (κ2) is 4.91. The van der Waals surface area contributed by atoms with Crippen molar-refractivity contribution in [1.29, 1.82) is 0 Å². The van der Waals surface area contributed by atoms with Gasteiger partial charge in [0.25, 0.3) is 5.56 Å². The second-order valence-electron chi connectivity index (χ2n) is 3.33. The Kier molecular flexibility index (Phi) is 3.83. The fourth-order valence-electron chi connectivity index (χ4n) is 1.27. The average molecular weight is 196 g/mol. The lowest BCUT2D eigenvalue weighted by Gasteiger charge is -2.09. The molecule has 0 bridgehead atoms. The van der Waals surface area contributed by atoms with Gasteiger partial charge in [-0.3, -0.25) is 4.79 Å². The molecule has 1 N–H and O–H groups in total. The maximum atomic E-state index is 11.2. The summed E-state index contributed by atoms with van der Waals surface area (Å²) in [4.78, 5) is 18.3. The van der Waals surface area contributed by atoms with E-state index in [1.807, 2.05) is 13.8 Å². The van der Waals surface area contributed by atoms with Crippen LogP contribution in [0.5, 0.6) is 0 Å². The smallest absolute Gasteiger partial charge is 0.251 e. The summed E-state index contributed by atoms with van der Waals surface area (Å²) in [5.74, 6) is 0.829. The minimum absolute atomic E-state index is 0.0881. The van der Waals surface area contributed by atoms with E-state index in [4.69, 9.17) is 4.74 Å². The highest BCUT2D eigenvalue weighted by molar-refractivity contribution is 5.05. The first-order valence-electron chi connectivity index (χ1n) is 4.76. The first-order valence-corrected chi connectivity index (χ1v) is 4.76. The maximum Gasteiger partial charge on any atom is 0.251 e. The Morgan fingerprint density at radius 3 is 2.93 bits per heavy atom. The fourth-order valence-corrected chi connectivity index (χ4v) is 1.27. The molecule has 0 saturated carbocycles.